The van der Waals surface area contributed by atoms with Crippen LogP contribution in [0.25, 0.3) is 0 Å². The van der Waals surface area contributed by atoms with Gasteiger partial charge in [-0.1, -0.05) is 0 Å². The molecule has 1 aliphatic rings. The lowest BCUT2D eigenvalue weighted by Gasteiger charge is -2.32. The van der Waals surface area contributed by atoms with E-state index in [2.05, 4.69) is 0 Å². The van der Waals surface area contributed by atoms with Crippen molar-refractivity contribution in [3.63, 3.8) is 0 Å². The summed E-state index contributed by atoms with van der Waals surface area (Å²) in [5.41, 5.74) is -2.49. The van der Waals surface area contributed by atoms with Crippen LogP contribution in [0.4, 0.5) is 17.6 Å². The molecule has 2 rings (SSSR count). The van der Waals surface area contributed by atoms with E-state index >= 15 is 0 Å². The van der Waals surface area contributed by atoms with Gasteiger partial charge in [0, 0.05) is 4.90 Å². The molecule has 0 bridgehead atoms. The van der Waals surface area contributed by atoms with Gasteiger partial charge in [0.2, 0.25) is 0 Å². The first-order valence-corrected chi connectivity index (χ1v) is 7.92. The Hall–Kier alpha value is -0.725. The van der Waals surface area contributed by atoms with E-state index < -0.39 is 35.9 Å². The quantitative estimate of drug-likeness (QED) is 0.464. The highest BCUT2D eigenvalue weighted by molar-refractivity contribution is 7.98. The number of benzene rings is 1. The molecule has 0 amide bonds. The number of hydrogen-bond donors (Lipinski definition) is 0. The second-order valence-electron chi connectivity index (χ2n) is 6.17. The zero-order valence-corrected chi connectivity index (χ0v) is 13.8. The van der Waals surface area contributed by atoms with E-state index in [-0.39, 0.29) is 10.4 Å². The highest BCUT2D eigenvalue weighted by Gasteiger charge is 2.52. The molecule has 1 aliphatic heterocycles. The minimum atomic E-state index is -4.77. The van der Waals surface area contributed by atoms with Gasteiger partial charge in [0.05, 0.1) is 16.8 Å². The average Bonchev–Trinajstić information content (AvgIpc) is 2.57. The summed E-state index contributed by atoms with van der Waals surface area (Å²) in [6, 6.07) is 2.11. The summed E-state index contributed by atoms with van der Waals surface area (Å²) in [5, 5.41) is 0. The minimum absolute atomic E-state index is 0.0838. The average molecular weight is 336 g/mol. The number of alkyl halides is 3. The van der Waals surface area contributed by atoms with Crippen molar-refractivity contribution in [1.82, 2.24) is 0 Å². The van der Waals surface area contributed by atoms with Gasteiger partial charge in [-0.25, -0.2) is 4.39 Å². The second-order valence-corrected chi connectivity index (χ2v) is 7.02. The first-order valence-electron chi connectivity index (χ1n) is 6.69. The van der Waals surface area contributed by atoms with Crippen molar-refractivity contribution in [1.29, 1.82) is 0 Å². The van der Waals surface area contributed by atoms with E-state index in [1.807, 2.05) is 0 Å². The molecule has 1 heterocycles. The summed E-state index contributed by atoms with van der Waals surface area (Å²) in [5.74, 6) is -1.26. The Labute approximate surface area is 131 Å². The lowest BCUT2D eigenvalue weighted by Crippen LogP contribution is -2.41. The molecule has 1 aromatic rings. The van der Waals surface area contributed by atoms with E-state index in [1.54, 1.807) is 27.7 Å². The third-order valence-corrected chi connectivity index (χ3v) is 4.85. The predicted molar refractivity (Wildman–Crippen MR) is 78.9 cm³/mol. The summed E-state index contributed by atoms with van der Waals surface area (Å²) in [6.45, 7) is 7.21. The molecule has 0 atom stereocenters. The Morgan fingerprint density at radius 3 is 1.95 bits per heavy atom. The fraction of sp³-hybridized carbons (Fsp3) is 0.571. The third kappa shape index (κ3) is 3.01. The topological polar surface area (TPSA) is 18.5 Å². The molecule has 1 fully saturated rings. The Balaban J connectivity index is 2.50. The van der Waals surface area contributed by atoms with Crippen LogP contribution in [0.1, 0.15) is 33.3 Å². The Morgan fingerprint density at radius 2 is 1.55 bits per heavy atom. The maximum absolute atomic E-state index is 13.9. The zero-order valence-electron chi connectivity index (χ0n) is 13.0. The van der Waals surface area contributed by atoms with Crippen molar-refractivity contribution >= 4 is 24.3 Å². The van der Waals surface area contributed by atoms with Crippen LogP contribution >= 0.6 is 11.8 Å². The molecule has 0 radical (unpaired) electrons. The second kappa shape index (κ2) is 5.42. The van der Waals surface area contributed by atoms with Crippen LogP contribution in [-0.4, -0.2) is 24.6 Å². The first-order chi connectivity index (χ1) is 9.89. The highest BCUT2D eigenvalue weighted by atomic mass is 32.2. The van der Waals surface area contributed by atoms with Crippen molar-refractivity contribution in [2.24, 2.45) is 0 Å². The fourth-order valence-corrected chi connectivity index (χ4v) is 2.63. The molecular weight excluding hydrogens is 319 g/mol. The summed E-state index contributed by atoms with van der Waals surface area (Å²) in [7, 11) is -0.961. The molecule has 0 aromatic heterocycles. The van der Waals surface area contributed by atoms with Crippen LogP contribution < -0.4 is 5.46 Å². The fourth-order valence-electron chi connectivity index (χ4n) is 2.09. The standard InChI is InChI=1S/C14H17BF4O2S/c1-12(2)13(3,4)21-15(20-12)8-6-9(14(17,18)19)11(16)10(7-8)22-5/h6-7H,1-5H3. The summed E-state index contributed by atoms with van der Waals surface area (Å²) >= 11 is 0.912. The maximum atomic E-state index is 13.9. The molecule has 0 N–H and O–H groups in total. The van der Waals surface area contributed by atoms with Gasteiger partial charge >= 0.3 is 13.3 Å². The molecule has 122 valence electrons. The van der Waals surface area contributed by atoms with E-state index in [1.165, 1.54) is 12.3 Å². The van der Waals surface area contributed by atoms with E-state index in [9.17, 15) is 17.6 Å². The Morgan fingerprint density at radius 1 is 1.05 bits per heavy atom. The lowest BCUT2D eigenvalue weighted by atomic mass is 9.78. The molecule has 2 nitrogen and oxygen atoms in total. The van der Waals surface area contributed by atoms with Gasteiger partial charge in [0.1, 0.15) is 5.82 Å². The van der Waals surface area contributed by atoms with Crippen LogP contribution in [0.5, 0.6) is 0 Å². The number of thioether (sulfide) groups is 1. The third-order valence-electron chi connectivity index (χ3n) is 4.11. The number of halogens is 4. The summed E-state index contributed by atoms with van der Waals surface area (Å²) in [6.07, 6.45) is -3.25. The molecule has 8 heteroatoms. The molecule has 0 saturated carbocycles. The normalized spacial score (nSPS) is 20.5. The van der Waals surface area contributed by atoms with E-state index in [0.29, 0.717) is 0 Å². The van der Waals surface area contributed by atoms with Gasteiger partial charge in [0.25, 0.3) is 0 Å². The van der Waals surface area contributed by atoms with Crippen molar-refractivity contribution in [3.8, 4) is 0 Å². The smallest absolute Gasteiger partial charge is 0.399 e. The van der Waals surface area contributed by atoms with Gasteiger partial charge in [-0.15, -0.1) is 11.8 Å². The number of rotatable bonds is 2. The molecule has 0 aliphatic carbocycles. The van der Waals surface area contributed by atoms with Gasteiger partial charge in [-0.05, 0) is 51.5 Å². The number of hydrogen-bond acceptors (Lipinski definition) is 3. The Bertz CT molecular complexity index is 571. The van der Waals surface area contributed by atoms with Crippen LogP contribution in [0.2, 0.25) is 0 Å². The summed E-state index contributed by atoms with van der Waals surface area (Å²) in [4.78, 5) is -0.0838. The predicted octanol–water partition coefficient (Wildman–Crippen LogP) is 3.87. The minimum Gasteiger partial charge on any atom is -0.399 e. The molecule has 0 unspecified atom stereocenters. The molecule has 1 saturated heterocycles. The van der Waals surface area contributed by atoms with Crippen molar-refractivity contribution in [3.05, 3.63) is 23.5 Å². The molecule has 0 spiro atoms. The van der Waals surface area contributed by atoms with Crippen LogP contribution in [-0.2, 0) is 15.5 Å². The van der Waals surface area contributed by atoms with Crippen LogP contribution in [0, 0.1) is 5.82 Å². The van der Waals surface area contributed by atoms with E-state index in [4.69, 9.17) is 9.31 Å². The van der Waals surface area contributed by atoms with Crippen molar-refractivity contribution < 1.29 is 26.9 Å². The SMILES string of the molecule is CSc1cc(B2OC(C)(C)C(C)(C)O2)cc(C(F)(F)F)c1F. The van der Waals surface area contributed by atoms with Gasteiger partial charge in [-0.2, -0.15) is 13.2 Å². The van der Waals surface area contributed by atoms with Crippen LogP contribution in [0.15, 0.2) is 17.0 Å². The lowest BCUT2D eigenvalue weighted by molar-refractivity contribution is -0.140. The van der Waals surface area contributed by atoms with Crippen LogP contribution in [0.3, 0.4) is 0 Å². The molecule has 1 aromatic carbocycles. The van der Waals surface area contributed by atoms with Crippen molar-refractivity contribution in [2.45, 2.75) is 50.0 Å². The Kier molecular flexibility index (Phi) is 4.34. The van der Waals surface area contributed by atoms with Crippen molar-refractivity contribution in [2.75, 3.05) is 6.26 Å². The monoisotopic (exact) mass is 336 g/mol. The molecule has 22 heavy (non-hydrogen) atoms. The largest absolute Gasteiger partial charge is 0.494 e. The van der Waals surface area contributed by atoms with Gasteiger partial charge in [-0.3, -0.25) is 0 Å². The zero-order chi connectivity index (χ0) is 16.9. The maximum Gasteiger partial charge on any atom is 0.494 e. The summed E-state index contributed by atoms with van der Waals surface area (Å²) < 4.78 is 64.4. The highest BCUT2D eigenvalue weighted by Crippen LogP contribution is 2.38. The van der Waals surface area contributed by atoms with E-state index in [0.717, 1.165) is 17.8 Å². The first kappa shape index (κ1) is 17.6. The van der Waals surface area contributed by atoms with Gasteiger partial charge in [0.15, 0.2) is 0 Å². The molecular formula is C14H17BF4O2S. The van der Waals surface area contributed by atoms with Gasteiger partial charge < -0.3 is 9.31 Å².